The predicted octanol–water partition coefficient (Wildman–Crippen LogP) is 2.34. The summed E-state index contributed by atoms with van der Waals surface area (Å²) in [5.74, 6) is 0.0800. The average Bonchev–Trinajstić information content (AvgIpc) is 2.91. The lowest BCUT2D eigenvalue weighted by molar-refractivity contribution is 0.0735. The van der Waals surface area contributed by atoms with Crippen molar-refractivity contribution in [2.24, 2.45) is 5.73 Å². The molecule has 0 radical (unpaired) electrons. The number of thiocarbonyl (C=S) groups is 1. The van der Waals surface area contributed by atoms with Crippen LogP contribution in [0, 0.1) is 0 Å². The van der Waals surface area contributed by atoms with Crippen LogP contribution < -0.4 is 5.73 Å². The van der Waals surface area contributed by atoms with E-state index in [2.05, 4.69) is 0 Å². The minimum absolute atomic E-state index is 0.0800. The van der Waals surface area contributed by atoms with Gasteiger partial charge in [-0.2, -0.15) is 0 Å². The van der Waals surface area contributed by atoms with E-state index < -0.39 is 0 Å². The van der Waals surface area contributed by atoms with E-state index in [1.165, 1.54) is 12.8 Å². The van der Waals surface area contributed by atoms with Crippen molar-refractivity contribution in [3.8, 4) is 0 Å². The second kappa shape index (κ2) is 5.48. The predicted molar refractivity (Wildman–Crippen MR) is 76.7 cm³/mol. The number of hydrogen-bond acceptors (Lipinski definition) is 2. The Morgan fingerprint density at radius 2 is 1.72 bits per heavy atom. The van der Waals surface area contributed by atoms with Crippen LogP contribution >= 0.6 is 12.2 Å². The van der Waals surface area contributed by atoms with Crippen LogP contribution in [0.2, 0.25) is 0 Å². The van der Waals surface area contributed by atoms with E-state index in [1.807, 2.05) is 11.9 Å². The number of benzene rings is 1. The third-order valence-electron chi connectivity index (χ3n) is 3.61. The molecule has 1 amide bonds. The summed E-state index contributed by atoms with van der Waals surface area (Å²) < 4.78 is 0. The quantitative estimate of drug-likeness (QED) is 0.850. The van der Waals surface area contributed by atoms with E-state index in [1.54, 1.807) is 24.3 Å². The van der Waals surface area contributed by atoms with Crippen molar-refractivity contribution in [3.05, 3.63) is 35.4 Å². The number of hydrogen-bond donors (Lipinski definition) is 1. The van der Waals surface area contributed by atoms with Gasteiger partial charge < -0.3 is 10.6 Å². The molecule has 2 rings (SSSR count). The third kappa shape index (κ3) is 2.70. The van der Waals surface area contributed by atoms with Gasteiger partial charge in [-0.05, 0) is 25.0 Å². The maximum Gasteiger partial charge on any atom is 0.253 e. The van der Waals surface area contributed by atoms with Crippen LogP contribution in [0.5, 0.6) is 0 Å². The normalized spacial score (nSPS) is 15.6. The number of amides is 1. The van der Waals surface area contributed by atoms with Gasteiger partial charge in [-0.15, -0.1) is 0 Å². The van der Waals surface area contributed by atoms with Crippen molar-refractivity contribution in [2.45, 2.75) is 31.7 Å². The molecule has 1 aliphatic rings. The first-order valence-electron chi connectivity index (χ1n) is 6.26. The first kappa shape index (κ1) is 13.0. The molecule has 0 spiro atoms. The smallest absolute Gasteiger partial charge is 0.253 e. The fourth-order valence-electron chi connectivity index (χ4n) is 2.44. The van der Waals surface area contributed by atoms with Gasteiger partial charge in [-0.25, -0.2) is 0 Å². The van der Waals surface area contributed by atoms with Crippen molar-refractivity contribution in [2.75, 3.05) is 7.05 Å². The van der Waals surface area contributed by atoms with Gasteiger partial charge in [0, 0.05) is 24.2 Å². The highest BCUT2D eigenvalue weighted by Gasteiger charge is 2.24. The lowest BCUT2D eigenvalue weighted by Gasteiger charge is -2.24. The maximum absolute atomic E-state index is 12.3. The maximum atomic E-state index is 12.3. The highest BCUT2D eigenvalue weighted by molar-refractivity contribution is 7.80. The van der Waals surface area contributed by atoms with Crippen molar-refractivity contribution in [1.29, 1.82) is 0 Å². The van der Waals surface area contributed by atoms with E-state index in [0.29, 0.717) is 16.6 Å². The van der Waals surface area contributed by atoms with Crippen molar-refractivity contribution in [1.82, 2.24) is 4.90 Å². The van der Waals surface area contributed by atoms with E-state index in [0.717, 1.165) is 18.4 Å². The fraction of sp³-hybridized carbons (Fsp3) is 0.429. The van der Waals surface area contributed by atoms with Crippen LogP contribution in [0.4, 0.5) is 0 Å². The summed E-state index contributed by atoms with van der Waals surface area (Å²) in [4.78, 5) is 14.5. The number of nitrogens with two attached hydrogens (primary N) is 1. The molecule has 1 aromatic carbocycles. The zero-order chi connectivity index (χ0) is 13.1. The van der Waals surface area contributed by atoms with E-state index in [-0.39, 0.29) is 5.91 Å². The largest absolute Gasteiger partial charge is 0.389 e. The van der Waals surface area contributed by atoms with Gasteiger partial charge in [0.25, 0.3) is 5.91 Å². The molecule has 0 aliphatic heterocycles. The molecule has 0 aromatic heterocycles. The van der Waals surface area contributed by atoms with Gasteiger partial charge in [0.05, 0.1) is 0 Å². The third-order valence-corrected chi connectivity index (χ3v) is 3.84. The SMILES string of the molecule is CN(C(=O)c1ccc(C(N)=S)cc1)C1CCCC1. The lowest BCUT2D eigenvalue weighted by Crippen LogP contribution is -2.35. The average molecular weight is 262 g/mol. The molecule has 0 bridgehead atoms. The molecule has 0 unspecified atom stereocenters. The topological polar surface area (TPSA) is 46.3 Å². The molecule has 96 valence electrons. The summed E-state index contributed by atoms with van der Waals surface area (Å²) in [5, 5.41) is 0. The second-order valence-corrected chi connectivity index (χ2v) is 5.24. The van der Waals surface area contributed by atoms with E-state index >= 15 is 0 Å². The van der Waals surface area contributed by atoms with Gasteiger partial charge in [-0.1, -0.05) is 37.2 Å². The highest BCUT2D eigenvalue weighted by Crippen LogP contribution is 2.23. The molecule has 1 aliphatic carbocycles. The molecular weight excluding hydrogens is 244 g/mol. The van der Waals surface area contributed by atoms with Gasteiger partial charge in [0.2, 0.25) is 0 Å². The Bertz CT molecular complexity index is 449. The van der Waals surface area contributed by atoms with Crippen LogP contribution in [0.25, 0.3) is 0 Å². The monoisotopic (exact) mass is 262 g/mol. The van der Waals surface area contributed by atoms with Gasteiger partial charge in [0.15, 0.2) is 0 Å². The molecule has 1 fully saturated rings. The standard InChI is InChI=1S/C14H18N2OS/c1-16(12-4-2-3-5-12)14(17)11-8-6-10(7-9-11)13(15)18/h6-9,12H,2-5H2,1H3,(H2,15,18). The summed E-state index contributed by atoms with van der Waals surface area (Å²) in [5.41, 5.74) is 7.03. The van der Waals surface area contributed by atoms with Gasteiger partial charge in [0.1, 0.15) is 4.99 Å². The molecule has 4 heteroatoms. The molecule has 0 heterocycles. The summed E-state index contributed by atoms with van der Waals surface area (Å²) in [6.45, 7) is 0. The van der Waals surface area contributed by atoms with Crippen LogP contribution in [0.3, 0.4) is 0 Å². The minimum atomic E-state index is 0.0800. The first-order valence-corrected chi connectivity index (χ1v) is 6.67. The Labute approximate surface area is 113 Å². The Morgan fingerprint density at radius 1 is 1.22 bits per heavy atom. The number of carbonyl (C=O) groups excluding carboxylic acids is 1. The van der Waals surface area contributed by atoms with Gasteiger partial charge in [-0.3, -0.25) is 4.79 Å². The summed E-state index contributed by atoms with van der Waals surface area (Å²) in [7, 11) is 1.89. The summed E-state index contributed by atoms with van der Waals surface area (Å²) in [6.07, 6.45) is 4.69. The number of carbonyl (C=O) groups is 1. The summed E-state index contributed by atoms with van der Waals surface area (Å²) in [6, 6.07) is 7.59. The van der Waals surface area contributed by atoms with Gasteiger partial charge >= 0.3 is 0 Å². The summed E-state index contributed by atoms with van der Waals surface area (Å²) >= 11 is 4.89. The second-order valence-electron chi connectivity index (χ2n) is 4.80. The zero-order valence-corrected chi connectivity index (χ0v) is 11.4. The van der Waals surface area contributed by atoms with Crippen LogP contribution in [0.15, 0.2) is 24.3 Å². The van der Waals surface area contributed by atoms with E-state index in [4.69, 9.17) is 18.0 Å². The Balaban J connectivity index is 2.10. The zero-order valence-electron chi connectivity index (χ0n) is 10.6. The Hall–Kier alpha value is -1.42. The molecule has 1 saturated carbocycles. The molecule has 1 aromatic rings. The number of rotatable bonds is 3. The molecular formula is C14H18N2OS. The number of nitrogens with zero attached hydrogens (tertiary/aromatic N) is 1. The van der Waals surface area contributed by atoms with Crippen LogP contribution in [0.1, 0.15) is 41.6 Å². The minimum Gasteiger partial charge on any atom is -0.389 e. The molecule has 18 heavy (non-hydrogen) atoms. The van der Waals surface area contributed by atoms with E-state index in [9.17, 15) is 4.79 Å². The highest BCUT2D eigenvalue weighted by atomic mass is 32.1. The first-order chi connectivity index (χ1) is 8.59. The van der Waals surface area contributed by atoms with Crippen molar-refractivity contribution >= 4 is 23.1 Å². The van der Waals surface area contributed by atoms with Crippen LogP contribution in [-0.4, -0.2) is 28.9 Å². The molecule has 2 N–H and O–H groups in total. The lowest BCUT2D eigenvalue weighted by atomic mass is 10.1. The van der Waals surface area contributed by atoms with Crippen molar-refractivity contribution in [3.63, 3.8) is 0 Å². The fourth-order valence-corrected chi connectivity index (χ4v) is 2.57. The molecule has 3 nitrogen and oxygen atoms in total. The molecule has 0 saturated heterocycles. The van der Waals surface area contributed by atoms with Crippen molar-refractivity contribution < 1.29 is 4.79 Å². The van der Waals surface area contributed by atoms with Crippen LogP contribution in [-0.2, 0) is 0 Å². The molecule has 0 atom stereocenters. The Morgan fingerprint density at radius 3 is 2.22 bits per heavy atom. The Kier molecular flexibility index (Phi) is 3.97.